The smallest absolute Gasteiger partial charge is 0.227 e. The summed E-state index contributed by atoms with van der Waals surface area (Å²) in [6.45, 7) is 1.35. The molecule has 23 heavy (non-hydrogen) atoms. The number of methoxy groups -OCH3 is 1. The summed E-state index contributed by atoms with van der Waals surface area (Å²) in [7, 11) is 1.63. The van der Waals surface area contributed by atoms with Gasteiger partial charge >= 0.3 is 0 Å². The van der Waals surface area contributed by atoms with E-state index in [4.69, 9.17) is 13.9 Å². The lowest BCUT2D eigenvalue weighted by Gasteiger charge is -2.37. The van der Waals surface area contributed by atoms with Gasteiger partial charge in [0.1, 0.15) is 11.3 Å². The maximum absolute atomic E-state index is 12.8. The number of hydrogen-bond acceptors (Lipinski definition) is 4. The summed E-state index contributed by atoms with van der Waals surface area (Å²) in [4.78, 5) is 14.8. The summed E-state index contributed by atoms with van der Waals surface area (Å²) in [6.07, 6.45) is 5.57. The molecule has 5 nitrogen and oxygen atoms in total. The van der Waals surface area contributed by atoms with Crippen molar-refractivity contribution in [1.29, 1.82) is 0 Å². The third-order valence-electron chi connectivity index (χ3n) is 5.01. The molecule has 1 aromatic carbocycles. The molecule has 2 aliphatic rings. The van der Waals surface area contributed by atoms with Gasteiger partial charge in [-0.1, -0.05) is 0 Å². The van der Waals surface area contributed by atoms with Crippen molar-refractivity contribution in [3.8, 4) is 5.75 Å². The summed E-state index contributed by atoms with van der Waals surface area (Å²) in [5, 5.41) is 0.982. The van der Waals surface area contributed by atoms with Crippen molar-refractivity contribution in [1.82, 2.24) is 4.90 Å². The number of amides is 1. The van der Waals surface area contributed by atoms with Crippen molar-refractivity contribution in [3.05, 3.63) is 30.0 Å². The van der Waals surface area contributed by atoms with Gasteiger partial charge in [0.05, 0.1) is 38.5 Å². The fourth-order valence-corrected chi connectivity index (χ4v) is 3.83. The van der Waals surface area contributed by atoms with Gasteiger partial charge in [-0.05, 0) is 31.4 Å². The Balaban J connectivity index is 1.54. The van der Waals surface area contributed by atoms with Gasteiger partial charge in [0.25, 0.3) is 0 Å². The first kappa shape index (κ1) is 14.6. The van der Waals surface area contributed by atoms with E-state index in [-0.39, 0.29) is 18.1 Å². The number of ether oxygens (including phenoxy) is 2. The molecule has 4 rings (SSSR count). The monoisotopic (exact) mass is 315 g/mol. The molecule has 2 heterocycles. The summed E-state index contributed by atoms with van der Waals surface area (Å²) < 4.78 is 16.6. The molecule has 2 fully saturated rings. The first-order valence-electron chi connectivity index (χ1n) is 8.21. The molecule has 0 N–H and O–H groups in total. The first-order valence-corrected chi connectivity index (χ1v) is 8.21. The second-order valence-electron chi connectivity index (χ2n) is 6.29. The third-order valence-corrected chi connectivity index (χ3v) is 5.01. The van der Waals surface area contributed by atoms with Crippen molar-refractivity contribution < 1.29 is 18.7 Å². The molecule has 1 aliphatic carbocycles. The van der Waals surface area contributed by atoms with Gasteiger partial charge in [-0.15, -0.1) is 0 Å². The van der Waals surface area contributed by atoms with E-state index in [0.29, 0.717) is 19.6 Å². The molecular weight excluding hydrogens is 294 g/mol. The van der Waals surface area contributed by atoms with E-state index in [1.54, 1.807) is 13.4 Å². The van der Waals surface area contributed by atoms with Gasteiger partial charge in [0.2, 0.25) is 5.91 Å². The number of carbonyl (C=O) groups excluding carboxylic acids is 1. The van der Waals surface area contributed by atoms with Gasteiger partial charge in [-0.25, -0.2) is 0 Å². The minimum Gasteiger partial charge on any atom is -0.497 e. The standard InChI is InChI=1S/C18H21NO4/c1-21-13-5-6-14-12(11-23-17(14)10-13)9-18(20)19-7-8-22-16-4-2-3-15(16)19/h5-6,10-11,15-16H,2-4,7-9H2,1H3/t15-,16+/m1/s1. The maximum atomic E-state index is 12.8. The summed E-state index contributed by atoms with van der Waals surface area (Å²) in [5.41, 5.74) is 1.70. The number of fused-ring (bicyclic) bond motifs is 2. The molecule has 2 aromatic rings. The molecule has 0 radical (unpaired) electrons. The highest BCUT2D eigenvalue weighted by molar-refractivity contribution is 5.88. The lowest BCUT2D eigenvalue weighted by atomic mass is 10.1. The predicted molar refractivity (Wildman–Crippen MR) is 85.6 cm³/mol. The van der Waals surface area contributed by atoms with E-state index in [9.17, 15) is 4.79 Å². The van der Waals surface area contributed by atoms with Crippen LogP contribution in [0.15, 0.2) is 28.9 Å². The van der Waals surface area contributed by atoms with Gasteiger partial charge in [0.15, 0.2) is 0 Å². The number of benzene rings is 1. The largest absolute Gasteiger partial charge is 0.497 e. The van der Waals surface area contributed by atoms with Crippen LogP contribution in [-0.2, 0) is 16.0 Å². The molecular formula is C18H21NO4. The number of rotatable bonds is 3. The zero-order valence-electron chi connectivity index (χ0n) is 13.3. The van der Waals surface area contributed by atoms with Crippen LogP contribution < -0.4 is 4.74 Å². The quantitative estimate of drug-likeness (QED) is 0.874. The normalized spacial score (nSPS) is 24.0. The van der Waals surface area contributed by atoms with Gasteiger partial charge in [-0.3, -0.25) is 4.79 Å². The fraction of sp³-hybridized carbons (Fsp3) is 0.500. The van der Waals surface area contributed by atoms with E-state index in [1.165, 1.54) is 0 Å². The van der Waals surface area contributed by atoms with Crippen molar-refractivity contribution in [2.75, 3.05) is 20.3 Å². The predicted octanol–water partition coefficient (Wildman–Crippen LogP) is 2.76. The van der Waals surface area contributed by atoms with Crippen LogP contribution in [-0.4, -0.2) is 43.2 Å². The van der Waals surface area contributed by atoms with Crippen molar-refractivity contribution >= 4 is 16.9 Å². The number of furan rings is 1. The van der Waals surface area contributed by atoms with Crippen LogP contribution in [0.3, 0.4) is 0 Å². The van der Waals surface area contributed by atoms with E-state index in [1.807, 2.05) is 23.1 Å². The number of morpholine rings is 1. The molecule has 1 saturated heterocycles. The second kappa shape index (κ2) is 5.89. The summed E-state index contributed by atoms with van der Waals surface area (Å²) >= 11 is 0. The first-order chi connectivity index (χ1) is 11.3. The van der Waals surface area contributed by atoms with Crippen LogP contribution in [0.2, 0.25) is 0 Å². The highest BCUT2D eigenvalue weighted by Gasteiger charge is 2.38. The van der Waals surface area contributed by atoms with Gasteiger partial charge in [-0.2, -0.15) is 0 Å². The Morgan fingerprint density at radius 1 is 1.39 bits per heavy atom. The molecule has 0 spiro atoms. The van der Waals surface area contributed by atoms with Gasteiger partial charge in [0, 0.05) is 23.6 Å². The van der Waals surface area contributed by atoms with Gasteiger partial charge < -0.3 is 18.8 Å². The molecule has 1 saturated carbocycles. The van der Waals surface area contributed by atoms with E-state index in [2.05, 4.69) is 0 Å². The van der Waals surface area contributed by atoms with Crippen LogP contribution in [0.4, 0.5) is 0 Å². The van der Waals surface area contributed by atoms with E-state index >= 15 is 0 Å². The Labute approximate surface area is 135 Å². The average molecular weight is 315 g/mol. The van der Waals surface area contributed by atoms with Crippen LogP contribution >= 0.6 is 0 Å². The molecule has 2 atom stereocenters. The van der Waals surface area contributed by atoms with Crippen LogP contribution in [0, 0.1) is 0 Å². The Morgan fingerprint density at radius 2 is 2.30 bits per heavy atom. The molecule has 122 valence electrons. The SMILES string of the molecule is COc1ccc2c(CC(=O)N3CCO[C@H]4CCC[C@H]43)coc2c1. The summed E-state index contributed by atoms with van der Waals surface area (Å²) in [5.74, 6) is 0.926. The van der Waals surface area contributed by atoms with Crippen molar-refractivity contribution in [2.45, 2.75) is 37.8 Å². The zero-order chi connectivity index (χ0) is 15.8. The van der Waals surface area contributed by atoms with E-state index < -0.39 is 0 Å². The van der Waals surface area contributed by atoms with Crippen molar-refractivity contribution in [3.63, 3.8) is 0 Å². The third kappa shape index (κ3) is 2.59. The Morgan fingerprint density at radius 3 is 3.17 bits per heavy atom. The summed E-state index contributed by atoms with van der Waals surface area (Å²) in [6, 6.07) is 5.96. The molecule has 0 bridgehead atoms. The van der Waals surface area contributed by atoms with Crippen LogP contribution in [0.5, 0.6) is 5.75 Å². The zero-order valence-corrected chi connectivity index (χ0v) is 13.3. The molecule has 1 aliphatic heterocycles. The topological polar surface area (TPSA) is 51.9 Å². The lowest BCUT2D eigenvalue weighted by molar-refractivity contribution is -0.143. The lowest BCUT2D eigenvalue weighted by Crippen LogP contribution is -2.51. The number of nitrogens with zero attached hydrogens (tertiary/aromatic N) is 1. The fourth-order valence-electron chi connectivity index (χ4n) is 3.83. The molecule has 5 heteroatoms. The number of hydrogen-bond donors (Lipinski definition) is 0. The molecule has 0 unspecified atom stereocenters. The minimum atomic E-state index is 0.170. The maximum Gasteiger partial charge on any atom is 0.227 e. The molecule has 1 aromatic heterocycles. The average Bonchev–Trinajstić information content (AvgIpc) is 3.21. The van der Waals surface area contributed by atoms with Crippen LogP contribution in [0.1, 0.15) is 24.8 Å². The van der Waals surface area contributed by atoms with Crippen LogP contribution in [0.25, 0.3) is 11.0 Å². The highest BCUT2D eigenvalue weighted by Crippen LogP contribution is 2.31. The van der Waals surface area contributed by atoms with Crippen molar-refractivity contribution in [2.24, 2.45) is 0 Å². The second-order valence-corrected chi connectivity index (χ2v) is 6.29. The number of carbonyl (C=O) groups is 1. The van der Waals surface area contributed by atoms with E-state index in [0.717, 1.165) is 41.5 Å². The Kier molecular flexibility index (Phi) is 3.73. The minimum absolute atomic E-state index is 0.170. The molecule has 1 amide bonds. The Hall–Kier alpha value is -2.01. The highest BCUT2D eigenvalue weighted by atomic mass is 16.5. The Bertz CT molecular complexity index is 723.